The summed E-state index contributed by atoms with van der Waals surface area (Å²) >= 11 is 24.5. The highest BCUT2D eigenvalue weighted by atomic mass is 35.5. The second-order valence-corrected chi connectivity index (χ2v) is 10.0. The van der Waals surface area contributed by atoms with E-state index in [4.69, 9.17) is 51.1 Å². The van der Waals surface area contributed by atoms with Crippen molar-refractivity contribution in [2.45, 2.75) is 46.6 Å². The Hall–Kier alpha value is -2.32. The van der Waals surface area contributed by atoms with Crippen LogP contribution < -0.4 is 5.32 Å². The van der Waals surface area contributed by atoms with E-state index in [-0.39, 0.29) is 31.2 Å². The molecule has 192 valence electrons. The summed E-state index contributed by atoms with van der Waals surface area (Å²) in [4.78, 5) is 52.8. The number of nitrogens with one attached hydrogen (secondary N) is 1. The van der Waals surface area contributed by atoms with Crippen molar-refractivity contribution in [2.24, 2.45) is 5.92 Å². The van der Waals surface area contributed by atoms with Crippen LogP contribution in [-0.2, 0) is 27.2 Å². The van der Waals surface area contributed by atoms with Crippen LogP contribution in [0.4, 0.5) is 5.69 Å². The van der Waals surface area contributed by atoms with Gasteiger partial charge in [0.1, 0.15) is 6.04 Å². The number of halogens is 4. The first-order chi connectivity index (χ1) is 17.0. The van der Waals surface area contributed by atoms with Crippen LogP contribution in [0.3, 0.4) is 0 Å². The predicted octanol–water partition coefficient (Wildman–Crippen LogP) is 6.23. The molecule has 0 unspecified atom stereocenters. The number of hydrogen-bond acceptors (Lipinski definition) is 5. The minimum Gasteiger partial charge on any atom is -0.454 e. The standard InChI is InChI=1S/C25H24Cl4N2O5/c1-5-12-8-7-9-13(6-2)21(12)30-14(32)10-36-25(35)22(11(3)4)31-23(33)15-16(24(31)34)18(27)20(29)19(28)17(15)26/h7-9,11,22H,5-6,10H2,1-4H3,(H,30,32)/t22-/m1/s1. The molecule has 36 heavy (non-hydrogen) atoms. The third-order valence-electron chi connectivity index (χ3n) is 5.89. The Morgan fingerprint density at radius 2 is 1.36 bits per heavy atom. The van der Waals surface area contributed by atoms with Crippen LogP contribution in [0.5, 0.6) is 0 Å². The molecule has 2 aromatic carbocycles. The van der Waals surface area contributed by atoms with E-state index in [2.05, 4.69) is 5.32 Å². The molecule has 1 heterocycles. The van der Waals surface area contributed by atoms with Crippen molar-refractivity contribution in [3.05, 3.63) is 60.5 Å². The Labute approximate surface area is 229 Å². The summed E-state index contributed by atoms with van der Waals surface area (Å²) in [6.07, 6.45) is 1.41. The zero-order chi connectivity index (χ0) is 26.9. The van der Waals surface area contributed by atoms with Gasteiger partial charge in [-0.05, 0) is 29.9 Å². The second-order valence-electron chi connectivity index (χ2n) is 8.49. The quantitative estimate of drug-likeness (QED) is 0.175. The summed E-state index contributed by atoms with van der Waals surface area (Å²) in [6, 6.07) is 4.39. The lowest BCUT2D eigenvalue weighted by Gasteiger charge is -2.27. The number of aryl methyl sites for hydroxylation is 2. The van der Waals surface area contributed by atoms with Crippen molar-refractivity contribution in [3.63, 3.8) is 0 Å². The summed E-state index contributed by atoms with van der Waals surface area (Å²) in [7, 11) is 0. The predicted molar refractivity (Wildman–Crippen MR) is 140 cm³/mol. The number of amides is 3. The van der Waals surface area contributed by atoms with Gasteiger partial charge < -0.3 is 10.1 Å². The van der Waals surface area contributed by atoms with Crippen molar-refractivity contribution < 1.29 is 23.9 Å². The Kier molecular flexibility index (Phi) is 8.93. The second kappa shape index (κ2) is 11.4. The SMILES string of the molecule is CCc1cccc(CC)c1NC(=O)COC(=O)[C@@H](C(C)C)N1C(=O)c2c(Cl)c(Cl)c(Cl)c(Cl)c2C1=O. The lowest BCUT2D eigenvalue weighted by atomic mass is 10.0. The molecule has 7 nitrogen and oxygen atoms in total. The fourth-order valence-electron chi connectivity index (χ4n) is 4.10. The Bertz CT molecular complexity index is 1190. The van der Waals surface area contributed by atoms with Gasteiger partial charge in [0.15, 0.2) is 6.61 Å². The molecule has 0 saturated heterocycles. The monoisotopic (exact) mass is 572 g/mol. The van der Waals surface area contributed by atoms with Crippen molar-refractivity contribution in [1.82, 2.24) is 4.90 Å². The molecule has 0 saturated carbocycles. The van der Waals surface area contributed by atoms with Gasteiger partial charge in [-0.3, -0.25) is 19.3 Å². The zero-order valence-electron chi connectivity index (χ0n) is 20.0. The number of para-hydroxylation sites is 1. The maximum absolute atomic E-state index is 13.2. The summed E-state index contributed by atoms with van der Waals surface area (Å²) in [6.45, 7) is 6.59. The average molecular weight is 574 g/mol. The number of ether oxygens (including phenoxy) is 1. The van der Waals surface area contributed by atoms with E-state index in [9.17, 15) is 19.2 Å². The third-order valence-corrected chi connectivity index (χ3v) is 7.69. The number of carbonyl (C=O) groups is 4. The maximum Gasteiger partial charge on any atom is 0.330 e. The number of esters is 1. The van der Waals surface area contributed by atoms with Crippen LogP contribution in [-0.4, -0.2) is 41.2 Å². The molecule has 3 amide bonds. The number of nitrogens with zero attached hydrogens (tertiary/aromatic N) is 1. The molecule has 0 aliphatic carbocycles. The van der Waals surface area contributed by atoms with Crippen molar-refractivity contribution in [3.8, 4) is 0 Å². The number of carbonyl (C=O) groups excluding carboxylic acids is 4. The molecule has 0 radical (unpaired) electrons. The van der Waals surface area contributed by atoms with Gasteiger partial charge in [0.05, 0.1) is 31.2 Å². The molecule has 1 N–H and O–H groups in total. The molecule has 2 aromatic rings. The van der Waals surface area contributed by atoms with E-state index in [0.29, 0.717) is 18.5 Å². The molecular formula is C25H24Cl4N2O5. The molecule has 1 aliphatic heterocycles. The highest BCUT2D eigenvalue weighted by Crippen LogP contribution is 2.45. The van der Waals surface area contributed by atoms with Gasteiger partial charge in [-0.1, -0.05) is 92.3 Å². The largest absolute Gasteiger partial charge is 0.454 e. The van der Waals surface area contributed by atoms with Crippen LogP contribution in [0, 0.1) is 5.92 Å². The van der Waals surface area contributed by atoms with E-state index in [1.165, 1.54) is 0 Å². The van der Waals surface area contributed by atoms with Gasteiger partial charge in [0, 0.05) is 5.69 Å². The van der Waals surface area contributed by atoms with Gasteiger partial charge in [-0.25, -0.2) is 4.79 Å². The molecule has 0 bridgehead atoms. The Morgan fingerprint density at radius 3 is 1.78 bits per heavy atom. The fourth-order valence-corrected chi connectivity index (χ4v) is 5.11. The Morgan fingerprint density at radius 1 is 0.889 bits per heavy atom. The first-order valence-corrected chi connectivity index (χ1v) is 12.8. The normalized spacial score (nSPS) is 13.8. The summed E-state index contributed by atoms with van der Waals surface area (Å²) in [5, 5.41) is 1.98. The first-order valence-electron chi connectivity index (χ1n) is 11.3. The third kappa shape index (κ3) is 5.07. The lowest BCUT2D eigenvalue weighted by molar-refractivity contribution is -0.152. The topological polar surface area (TPSA) is 92.8 Å². The van der Waals surface area contributed by atoms with Gasteiger partial charge in [-0.2, -0.15) is 0 Å². The zero-order valence-corrected chi connectivity index (χ0v) is 23.0. The van der Waals surface area contributed by atoms with Crippen molar-refractivity contribution in [1.29, 1.82) is 0 Å². The van der Waals surface area contributed by atoms with E-state index < -0.39 is 42.3 Å². The van der Waals surface area contributed by atoms with Gasteiger partial charge in [0.2, 0.25) is 0 Å². The van der Waals surface area contributed by atoms with Gasteiger partial charge in [-0.15, -0.1) is 0 Å². The number of rotatable bonds is 8. The van der Waals surface area contributed by atoms with Gasteiger partial charge >= 0.3 is 5.97 Å². The van der Waals surface area contributed by atoms with E-state index in [0.717, 1.165) is 16.0 Å². The molecule has 1 atom stereocenters. The van der Waals surface area contributed by atoms with Crippen LogP contribution in [0.2, 0.25) is 20.1 Å². The van der Waals surface area contributed by atoms with E-state index in [1.807, 2.05) is 32.0 Å². The minimum atomic E-state index is -1.34. The van der Waals surface area contributed by atoms with Gasteiger partial charge in [0.25, 0.3) is 17.7 Å². The molecule has 0 aromatic heterocycles. The average Bonchev–Trinajstić information content (AvgIpc) is 3.10. The highest BCUT2D eigenvalue weighted by Gasteiger charge is 2.48. The summed E-state index contributed by atoms with van der Waals surface area (Å²) in [5.41, 5.74) is 2.11. The maximum atomic E-state index is 13.2. The van der Waals surface area contributed by atoms with Crippen LogP contribution >= 0.6 is 46.4 Å². The molecule has 0 fully saturated rings. The summed E-state index contributed by atoms with van der Waals surface area (Å²) < 4.78 is 5.25. The molecule has 3 rings (SSSR count). The summed E-state index contributed by atoms with van der Waals surface area (Å²) in [5.74, 6) is -3.75. The molecular weight excluding hydrogens is 550 g/mol. The minimum absolute atomic E-state index is 0.177. The van der Waals surface area contributed by atoms with Crippen molar-refractivity contribution >= 4 is 75.8 Å². The Balaban J connectivity index is 1.82. The van der Waals surface area contributed by atoms with Crippen LogP contribution in [0.1, 0.15) is 59.5 Å². The number of hydrogen-bond donors (Lipinski definition) is 1. The molecule has 0 spiro atoms. The number of fused-ring (bicyclic) bond motifs is 1. The fraction of sp³-hybridized carbons (Fsp3) is 0.360. The number of imide groups is 1. The van der Waals surface area contributed by atoms with Crippen LogP contribution in [0.25, 0.3) is 0 Å². The van der Waals surface area contributed by atoms with Crippen LogP contribution in [0.15, 0.2) is 18.2 Å². The first kappa shape index (κ1) is 28.3. The van der Waals surface area contributed by atoms with E-state index in [1.54, 1.807) is 13.8 Å². The lowest BCUT2D eigenvalue weighted by Crippen LogP contribution is -2.49. The highest BCUT2D eigenvalue weighted by molar-refractivity contribution is 6.55. The number of benzene rings is 2. The number of anilines is 1. The van der Waals surface area contributed by atoms with E-state index >= 15 is 0 Å². The van der Waals surface area contributed by atoms with Crippen molar-refractivity contribution in [2.75, 3.05) is 11.9 Å². The molecule has 1 aliphatic rings. The molecule has 11 heteroatoms. The smallest absolute Gasteiger partial charge is 0.330 e.